The highest BCUT2D eigenvalue weighted by Crippen LogP contribution is 2.16. The van der Waals surface area contributed by atoms with Crippen molar-refractivity contribution in [3.63, 3.8) is 0 Å². The van der Waals surface area contributed by atoms with Crippen LogP contribution < -0.4 is 10.6 Å². The molecular formula is C14H20N2O4S. The number of aliphatic carboxylic acids is 1. The van der Waals surface area contributed by atoms with Gasteiger partial charge in [-0.1, -0.05) is 6.92 Å². The predicted octanol–water partition coefficient (Wildman–Crippen LogP) is 2.28. The normalized spacial score (nSPS) is 10.1. The summed E-state index contributed by atoms with van der Waals surface area (Å²) in [5, 5.41) is 15.3. The third-order valence-electron chi connectivity index (χ3n) is 2.93. The Morgan fingerprint density at radius 3 is 2.62 bits per heavy atom. The van der Waals surface area contributed by atoms with Crippen LogP contribution in [0.5, 0.6) is 0 Å². The van der Waals surface area contributed by atoms with Crippen LogP contribution in [-0.2, 0) is 22.6 Å². The van der Waals surface area contributed by atoms with Gasteiger partial charge in [-0.15, -0.1) is 11.3 Å². The van der Waals surface area contributed by atoms with Gasteiger partial charge in [-0.3, -0.25) is 14.9 Å². The van der Waals surface area contributed by atoms with E-state index in [-0.39, 0.29) is 18.7 Å². The molecule has 0 fully saturated rings. The zero-order valence-corrected chi connectivity index (χ0v) is 12.8. The van der Waals surface area contributed by atoms with E-state index in [4.69, 9.17) is 5.11 Å². The van der Waals surface area contributed by atoms with Gasteiger partial charge >= 0.3 is 12.0 Å². The molecule has 21 heavy (non-hydrogen) atoms. The number of nitrogens with one attached hydrogen (secondary N) is 2. The summed E-state index contributed by atoms with van der Waals surface area (Å²) in [6, 6.07) is 1.50. The summed E-state index contributed by atoms with van der Waals surface area (Å²) < 4.78 is 0. The number of rotatable bonds is 8. The van der Waals surface area contributed by atoms with Gasteiger partial charge in [0.2, 0.25) is 5.91 Å². The van der Waals surface area contributed by atoms with Gasteiger partial charge in [0.05, 0.1) is 6.54 Å². The minimum absolute atomic E-state index is 0.0393. The average Bonchev–Trinajstić information content (AvgIpc) is 2.88. The molecule has 0 saturated carbocycles. The highest BCUT2D eigenvalue weighted by Gasteiger charge is 2.09. The summed E-state index contributed by atoms with van der Waals surface area (Å²) in [7, 11) is 0. The molecule has 0 bridgehead atoms. The first-order valence-corrected chi connectivity index (χ1v) is 7.75. The van der Waals surface area contributed by atoms with Crippen LogP contribution in [0.25, 0.3) is 0 Å². The number of imide groups is 1. The summed E-state index contributed by atoms with van der Waals surface area (Å²) >= 11 is 1.57. The minimum atomic E-state index is -0.879. The monoisotopic (exact) mass is 312 g/mol. The Morgan fingerprint density at radius 1 is 1.24 bits per heavy atom. The van der Waals surface area contributed by atoms with E-state index in [0.717, 1.165) is 11.3 Å². The van der Waals surface area contributed by atoms with Crippen molar-refractivity contribution >= 4 is 29.2 Å². The second-order valence-electron chi connectivity index (χ2n) is 4.55. The Morgan fingerprint density at radius 2 is 1.95 bits per heavy atom. The molecule has 0 aromatic carbocycles. The fourth-order valence-corrected chi connectivity index (χ4v) is 2.71. The molecule has 0 unspecified atom stereocenters. The number of unbranched alkanes of at least 4 members (excludes halogenated alkanes) is 1. The third-order valence-corrected chi connectivity index (χ3v) is 3.89. The van der Waals surface area contributed by atoms with E-state index in [9.17, 15) is 14.4 Å². The van der Waals surface area contributed by atoms with Crippen LogP contribution in [0.15, 0.2) is 11.4 Å². The molecule has 116 valence electrons. The predicted molar refractivity (Wildman–Crippen MR) is 80.2 cm³/mol. The van der Waals surface area contributed by atoms with Crippen LogP contribution in [-0.4, -0.2) is 23.0 Å². The van der Waals surface area contributed by atoms with Gasteiger partial charge in [0, 0.05) is 17.7 Å². The van der Waals surface area contributed by atoms with Gasteiger partial charge in [-0.2, -0.15) is 0 Å². The smallest absolute Gasteiger partial charge is 0.321 e. The fraction of sp³-hybridized carbons (Fsp3) is 0.500. The number of hydrogen-bond donors (Lipinski definition) is 3. The number of thiophene rings is 1. The Labute approximate surface area is 127 Å². The summed E-state index contributed by atoms with van der Waals surface area (Å²) in [6.45, 7) is 2.45. The van der Waals surface area contributed by atoms with E-state index in [1.165, 1.54) is 5.56 Å². The Kier molecular flexibility index (Phi) is 7.45. The number of amides is 3. The first-order chi connectivity index (χ1) is 10.0. The van der Waals surface area contributed by atoms with Gasteiger partial charge in [-0.05, 0) is 36.3 Å². The van der Waals surface area contributed by atoms with Crippen LogP contribution in [0.2, 0.25) is 0 Å². The van der Waals surface area contributed by atoms with Crippen molar-refractivity contribution in [1.29, 1.82) is 0 Å². The van der Waals surface area contributed by atoms with Gasteiger partial charge in [0.25, 0.3) is 0 Å². The summed E-state index contributed by atoms with van der Waals surface area (Å²) in [6.07, 6.45) is 1.98. The first-order valence-electron chi connectivity index (χ1n) is 6.87. The molecule has 1 rings (SSSR count). The largest absolute Gasteiger partial charge is 0.481 e. The molecule has 0 aliphatic rings. The molecule has 0 aliphatic heterocycles. The van der Waals surface area contributed by atoms with Gasteiger partial charge in [0.15, 0.2) is 0 Å². The lowest BCUT2D eigenvalue weighted by Crippen LogP contribution is -2.38. The molecule has 7 heteroatoms. The topological polar surface area (TPSA) is 95.5 Å². The standard InChI is InChI=1S/C14H20N2O4S/c1-2-10-7-8-21-11(10)9-15-14(20)16-12(17)5-3-4-6-13(18)19/h7-8H,2-6,9H2,1H3,(H,18,19)(H2,15,16,17,20). The lowest BCUT2D eigenvalue weighted by molar-refractivity contribution is -0.137. The fourth-order valence-electron chi connectivity index (χ4n) is 1.79. The zero-order valence-electron chi connectivity index (χ0n) is 12.0. The SMILES string of the molecule is CCc1ccsc1CNC(=O)NC(=O)CCCCC(=O)O. The molecule has 3 N–H and O–H groups in total. The zero-order chi connectivity index (χ0) is 15.7. The molecule has 6 nitrogen and oxygen atoms in total. The number of carboxylic acids is 1. The highest BCUT2D eigenvalue weighted by atomic mass is 32.1. The molecule has 3 amide bonds. The van der Waals surface area contributed by atoms with E-state index >= 15 is 0 Å². The molecule has 1 aromatic heterocycles. The molecule has 0 spiro atoms. The van der Waals surface area contributed by atoms with Crippen molar-refractivity contribution in [2.24, 2.45) is 0 Å². The van der Waals surface area contributed by atoms with Crippen molar-refractivity contribution in [1.82, 2.24) is 10.6 Å². The Balaban J connectivity index is 2.21. The van der Waals surface area contributed by atoms with E-state index < -0.39 is 12.0 Å². The van der Waals surface area contributed by atoms with Gasteiger partial charge < -0.3 is 10.4 Å². The molecule has 1 aromatic rings. The second kappa shape index (κ2) is 9.12. The molecular weight excluding hydrogens is 292 g/mol. The molecule has 0 atom stereocenters. The lowest BCUT2D eigenvalue weighted by atomic mass is 10.2. The van der Waals surface area contributed by atoms with Gasteiger partial charge in [-0.25, -0.2) is 4.79 Å². The molecule has 0 radical (unpaired) electrons. The Hall–Kier alpha value is -1.89. The average molecular weight is 312 g/mol. The number of carboxylic acid groups (broad SMARTS) is 1. The Bertz CT molecular complexity index is 499. The molecule has 0 saturated heterocycles. The van der Waals surface area contributed by atoms with Crippen LogP contribution >= 0.6 is 11.3 Å². The quantitative estimate of drug-likeness (QED) is 0.642. The second-order valence-corrected chi connectivity index (χ2v) is 5.55. The number of carbonyl (C=O) groups excluding carboxylic acids is 2. The number of aryl methyl sites for hydroxylation is 1. The third kappa shape index (κ3) is 6.89. The van der Waals surface area contributed by atoms with Crippen molar-refractivity contribution in [3.8, 4) is 0 Å². The van der Waals surface area contributed by atoms with Crippen molar-refractivity contribution in [3.05, 3.63) is 21.9 Å². The summed E-state index contributed by atoms with van der Waals surface area (Å²) in [5.74, 6) is -1.27. The number of carbonyl (C=O) groups is 3. The lowest BCUT2D eigenvalue weighted by Gasteiger charge is -2.06. The highest BCUT2D eigenvalue weighted by molar-refractivity contribution is 7.10. The maximum absolute atomic E-state index is 11.6. The van der Waals surface area contributed by atoms with E-state index in [1.807, 2.05) is 18.4 Å². The molecule has 1 heterocycles. The van der Waals surface area contributed by atoms with E-state index in [0.29, 0.717) is 19.4 Å². The van der Waals surface area contributed by atoms with Crippen LogP contribution in [0, 0.1) is 0 Å². The van der Waals surface area contributed by atoms with Crippen molar-refractivity contribution in [2.45, 2.75) is 45.6 Å². The summed E-state index contributed by atoms with van der Waals surface area (Å²) in [5.41, 5.74) is 1.19. The van der Waals surface area contributed by atoms with Crippen molar-refractivity contribution in [2.75, 3.05) is 0 Å². The van der Waals surface area contributed by atoms with E-state index in [2.05, 4.69) is 10.6 Å². The van der Waals surface area contributed by atoms with Gasteiger partial charge in [0.1, 0.15) is 0 Å². The van der Waals surface area contributed by atoms with Crippen LogP contribution in [0.3, 0.4) is 0 Å². The first kappa shape index (κ1) is 17.2. The number of urea groups is 1. The van der Waals surface area contributed by atoms with Crippen molar-refractivity contribution < 1.29 is 19.5 Å². The summed E-state index contributed by atoms with van der Waals surface area (Å²) in [4.78, 5) is 34.4. The minimum Gasteiger partial charge on any atom is -0.481 e. The maximum atomic E-state index is 11.6. The van der Waals surface area contributed by atoms with E-state index in [1.54, 1.807) is 11.3 Å². The number of hydrogen-bond acceptors (Lipinski definition) is 4. The molecule has 0 aliphatic carbocycles. The van der Waals surface area contributed by atoms with Crippen LogP contribution in [0.4, 0.5) is 4.79 Å². The maximum Gasteiger partial charge on any atom is 0.321 e. The van der Waals surface area contributed by atoms with Crippen LogP contribution in [0.1, 0.15) is 43.0 Å².